The molecule has 2 aromatic carbocycles. The molecular weight excluding hydrogens is 476 g/mol. The smallest absolute Gasteiger partial charge is 0.225 e. The number of aryl methyl sites for hydroxylation is 1. The fourth-order valence-electron chi connectivity index (χ4n) is 3.38. The van der Waals surface area contributed by atoms with Crippen molar-refractivity contribution < 1.29 is 22.7 Å². The Hall–Kier alpha value is -3.44. The summed E-state index contributed by atoms with van der Waals surface area (Å²) >= 11 is 1.44. The Morgan fingerprint density at radius 2 is 1.76 bits per heavy atom. The van der Waals surface area contributed by atoms with Gasteiger partial charge in [0.2, 0.25) is 11.0 Å². The van der Waals surface area contributed by atoms with Crippen LogP contribution in [0.1, 0.15) is 18.5 Å². The number of anilines is 1. The minimum Gasteiger partial charge on any atom is -0.497 e. The van der Waals surface area contributed by atoms with Crippen LogP contribution in [-0.2, 0) is 14.6 Å². The number of amides is 1. The molecule has 0 bridgehead atoms. The van der Waals surface area contributed by atoms with E-state index >= 15 is 0 Å². The Morgan fingerprint density at radius 3 is 2.47 bits per heavy atom. The van der Waals surface area contributed by atoms with E-state index in [1.807, 2.05) is 25.1 Å². The molecule has 178 valence electrons. The van der Waals surface area contributed by atoms with Crippen LogP contribution < -0.4 is 14.8 Å². The van der Waals surface area contributed by atoms with Crippen molar-refractivity contribution in [2.75, 3.05) is 25.3 Å². The first kappa shape index (κ1) is 23.7. The quantitative estimate of drug-likeness (QED) is 0.370. The number of nitrogens with one attached hydrogen (secondary N) is 1. The lowest BCUT2D eigenvalue weighted by Crippen LogP contribution is -2.16. The molecule has 0 aliphatic rings. The summed E-state index contributed by atoms with van der Waals surface area (Å²) in [7, 11) is -0.377. The van der Waals surface area contributed by atoms with E-state index in [0.29, 0.717) is 28.1 Å². The van der Waals surface area contributed by atoms with Gasteiger partial charge in [0.25, 0.3) is 0 Å². The minimum absolute atomic E-state index is 0.0522. The van der Waals surface area contributed by atoms with Crippen LogP contribution in [0, 0.1) is 6.92 Å². The predicted molar refractivity (Wildman–Crippen MR) is 131 cm³/mol. The molecule has 0 aliphatic heterocycles. The fraction of sp³-hybridized carbons (Fsp3) is 0.261. The van der Waals surface area contributed by atoms with Gasteiger partial charge in [-0.1, -0.05) is 11.3 Å². The monoisotopic (exact) mass is 500 g/mol. The first-order valence-corrected chi connectivity index (χ1v) is 12.9. The summed E-state index contributed by atoms with van der Waals surface area (Å²) in [5.74, 6) is 1.34. The van der Waals surface area contributed by atoms with Gasteiger partial charge < -0.3 is 14.8 Å². The number of carbonyl (C=O) groups is 1. The number of rotatable bonds is 9. The van der Waals surface area contributed by atoms with Crippen LogP contribution in [-0.4, -0.2) is 49.1 Å². The highest BCUT2D eigenvalue weighted by Gasteiger charge is 2.17. The third kappa shape index (κ3) is 5.20. The second-order valence-corrected chi connectivity index (χ2v) is 10.7. The zero-order valence-electron chi connectivity index (χ0n) is 18.9. The van der Waals surface area contributed by atoms with E-state index in [0.717, 1.165) is 10.2 Å². The average molecular weight is 501 g/mol. The highest BCUT2D eigenvalue weighted by Crippen LogP contribution is 2.29. The zero-order valence-corrected chi connectivity index (χ0v) is 20.6. The van der Waals surface area contributed by atoms with Crippen LogP contribution in [0.5, 0.6) is 11.5 Å². The lowest BCUT2D eigenvalue weighted by Gasteiger charge is -2.08. The summed E-state index contributed by atoms with van der Waals surface area (Å²) in [6, 6.07) is 13.6. The summed E-state index contributed by atoms with van der Waals surface area (Å²) in [6.07, 6.45) is 0.241. The van der Waals surface area contributed by atoms with Gasteiger partial charge in [-0.05, 0) is 49.7 Å². The number of benzene rings is 2. The van der Waals surface area contributed by atoms with Gasteiger partial charge in [0.15, 0.2) is 9.84 Å². The molecule has 0 saturated heterocycles. The molecule has 11 heteroatoms. The van der Waals surface area contributed by atoms with Crippen molar-refractivity contribution >= 4 is 43.1 Å². The van der Waals surface area contributed by atoms with Crippen molar-refractivity contribution in [1.82, 2.24) is 14.8 Å². The van der Waals surface area contributed by atoms with Crippen molar-refractivity contribution in [3.05, 3.63) is 54.2 Å². The summed E-state index contributed by atoms with van der Waals surface area (Å²) < 4.78 is 37.9. The largest absolute Gasteiger partial charge is 0.497 e. The van der Waals surface area contributed by atoms with Gasteiger partial charge in [-0.2, -0.15) is 9.78 Å². The molecule has 0 fully saturated rings. The van der Waals surface area contributed by atoms with E-state index in [4.69, 9.17) is 9.47 Å². The first-order valence-electron chi connectivity index (χ1n) is 10.5. The molecule has 1 amide bonds. The summed E-state index contributed by atoms with van der Waals surface area (Å²) in [4.78, 5) is 17.4. The topological polar surface area (TPSA) is 112 Å². The normalized spacial score (nSPS) is 11.5. The van der Waals surface area contributed by atoms with Gasteiger partial charge in [0.05, 0.1) is 40.8 Å². The van der Waals surface area contributed by atoms with Crippen molar-refractivity contribution in [3.8, 4) is 16.6 Å². The van der Waals surface area contributed by atoms with Gasteiger partial charge in [-0.15, -0.1) is 0 Å². The molecule has 1 N–H and O–H groups in total. The van der Waals surface area contributed by atoms with Crippen molar-refractivity contribution in [2.45, 2.75) is 24.7 Å². The molecule has 0 saturated carbocycles. The maximum atomic E-state index is 12.6. The van der Waals surface area contributed by atoms with E-state index in [9.17, 15) is 13.2 Å². The number of fused-ring (bicyclic) bond motifs is 1. The number of aromatic nitrogens is 3. The Bertz CT molecular complexity index is 1430. The molecule has 9 nitrogen and oxygen atoms in total. The molecule has 2 heterocycles. The SMILES string of the molecule is COc1ccc(S(=O)(=O)CCCC(=O)Nc2cc(C)nn2-c2nc3cc(OC)ccc3s2)cc1. The summed E-state index contributed by atoms with van der Waals surface area (Å²) in [6.45, 7) is 1.82. The van der Waals surface area contributed by atoms with Crippen LogP contribution in [0.15, 0.2) is 53.4 Å². The number of sulfone groups is 1. The minimum atomic E-state index is -3.49. The average Bonchev–Trinajstić information content (AvgIpc) is 3.41. The molecule has 4 aromatic rings. The number of methoxy groups -OCH3 is 2. The van der Waals surface area contributed by atoms with Crippen LogP contribution in [0.3, 0.4) is 0 Å². The second-order valence-electron chi connectivity index (χ2n) is 7.56. The lowest BCUT2D eigenvalue weighted by atomic mass is 10.3. The Labute approximate surface area is 201 Å². The third-order valence-corrected chi connectivity index (χ3v) is 7.93. The number of thiazole rings is 1. The van der Waals surface area contributed by atoms with Crippen LogP contribution in [0.25, 0.3) is 15.3 Å². The number of hydrogen-bond acceptors (Lipinski definition) is 8. The summed E-state index contributed by atoms with van der Waals surface area (Å²) in [5, 5.41) is 7.89. The van der Waals surface area contributed by atoms with E-state index < -0.39 is 9.84 Å². The highest BCUT2D eigenvalue weighted by molar-refractivity contribution is 7.91. The van der Waals surface area contributed by atoms with Crippen molar-refractivity contribution in [2.24, 2.45) is 0 Å². The van der Waals surface area contributed by atoms with E-state index in [2.05, 4.69) is 15.4 Å². The Morgan fingerprint density at radius 1 is 1.06 bits per heavy atom. The molecular formula is C23H24N4O5S2. The van der Waals surface area contributed by atoms with Gasteiger partial charge in [0.1, 0.15) is 17.3 Å². The first-order chi connectivity index (χ1) is 16.3. The van der Waals surface area contributed by atoms with Gasteiger partial charge in [-0.25, -0.2) is 13.4 Å². The zero-order chi connectivity index (χ0) is 24.3. The maximum Gasteiger partial charge on any atom is 0.225 e. The van der Waals surface area contributed by atoms with Gasteiger partial charge >= 0.3 is 0 Å². The number of carbonyl (C=O) groups excluding carboxylic acids is 1. The van der Waals surface area contributed by atoms with E-state index in [-0.39, 0.29) is 29.4 Å². The standard InChI is InChI=1S/C23H24N4O5S2/c1-15-13-21(27(26-15)23-24-19-14-17(32-3)8-11-20(19)33-23)25-22(28)5-4-12-34(29,30)18-9-6-16(31-2)7-10-18/h6-11,13-14H,4-5,12H2,1-3H3,(H,25,28). The highest BCUT2D eigenvalue weighted by atomic mass is 32.2. The molecule has 4 rings (SSSR count). The van der Waals surface area contributed by atoms with Gasteiger partial charge in [-0.3, -0.25) is 4.79 Å². The third-order valence-electron chi connectivity index (χ3n) is 5.10. The molecule has 0 unspecified atom stereocenters. The van der Waals surface area contributed by atoms with Crippen LogP contribution in [0.2, 0.25) is 0 Å². The molecule has 2 aromatic heterocycles. The maximum absolute atomic E-state index is 12.6. The van der Waals surface area contributed by atoms with E-state index in [1.54, 1.807) is 30.0 Å². The van der Waals surface area contributed by atoms with Crippen LogP contribution in [0.4, 0.5) is 5.82 Å². The molecule has 0 aliphatic carbocycles. The molecule has 0 spiro atoms. The number of hydrogen-bond donors (Lipinski definition) is 1. The van der Waals surface area contributed by atoms with E-state index in [1.165, 1.54) is 30.6 Å². The van der Waals surface area contributed by atoms with Crippen LogP contribution >= 0.6 is 11.3 Å². The lowest BCUT2D eigenvalue weighted by molar-refractivity contribution is -0.116. The van der Waals surface area contributed by atoms with Crippen molar-refractivity contribution in [1.29, 1.82) is 0 Å². The second kappa shape index (κ2) is 9.82. The number of nitrogens with zero attached hydrogens (tertiary/aromatic N) is 3. The molecule has 0 radical (unpaired) electrons. The molecule has 0 atom stereocenters. The molecule has 34 heavy (non-hydrogen) atoms. The Balaban J connectivity index is 1.42. The summed E-state index contributed by atoms with van der Waals surface area (Å²) in [5.41, 5.74) is 1.49. The van der Waals surface area contributed by atoms with Crippen molar-refractivity contribution in [3.63, 3.8) is 0 Å². The Kier molecular flexibility index (Phi) is 6.85. The fourth-order valence-corrected chi connectivity index (χ4v) is 5.60. The number of ether oxygens (including phenoxy) is 2. The van der Waals surface area contributed by atoms with Gasteiger partial charge in [0, 0.05) is 18.6 Å². The predicted octanol–water partition coefficient (Wildman–Crippen LogP) is 4.00.